The molecule has 0 fully saturated rings. The van der Waals surface area contributed by atoms with Crippen LogP contribution in [0.2, 0.25) is 0 Å². The lowest BCUT2D eigenvalue weighted by Gasteiger charge is -2.11. The van der Waals surface area contributed by atoms with Gasteiger partial charge in [0, 0.05) is 5.75 Å². The van der Waals surface area contributed by atoms with Crippen LogP contribution >= 0.6 is 11.8 Å². The zero-order chi connectivity index (χ0) is 19.3. The summed E-state index contributed by atoms with van der Waals surface area (Å²) in [4.78, 5) is 0. The van der Waals surface area contributed by atoms with Gasteiger partial charge in [0.2, 0.25) is 11.9 Å². The molecule has 0 aliphatic carbocycles. The van der Waals surface area contributed by atoms with Crippen LogP contribution in [-0.2, 0) is 11.3 Å². The molecule has 2 aromatic carbocycles. The Kier molecular flexibility index (Phi) is 5.75. The highest BCUT2D eigenvalue weighted by atomic mass is 32.2. The van der Waals surface area contributed by atoms with E-state index in [0.29, 0.717) is 17.5 Å². The van der Waals surface area contributed by atoms with Crippen LogP contribution in [0.15, 0.2) is 47.6 Å². The van der Waals surface area contributed by atoms with Crippen molar-refractivity contribution in [2.45, 2.75) is 24.8 Å². The molecular formula is C19H20N4O4S. The topological polar surface area (TPSA) is 91.5 Å². The molecule has 1 aliphatic rings. The zero-order valence-corrected chi connectivity index (χ0v) is 16.1. The second-order valence-electron chi connectivity index (χ2n) is 6.38. The number of fused-ring (bicyclic) bond motifs is 1. The van der Waals surface area contributed by atoms with Crippen molar-refractivity contribution < 1.29 is 19.3 Å². The normalized spacial score (nSPS) is 13.6. The van der Waals surface area contributed by atoms with Crippen molar-refractivity contribution in [3.8, 4) is 17.2 Å². The van der Waals surface area contributed by atoms with Gasteiger partial charge in [0.15, 0.2) is 11.5 Å². The molecule has 28 heavy (non-hydrogen) atoms. The van der Waals surface area contributed by atoms with Gasteiger partial charge in [-0.2, -0.15) is 4.68 Å². The molecule has 9 heteroatoms. The first-order valence-corrected chi connectivity index (χ1v) is 9.80. The van der Waals surface area contributed by atoms with Crippen molar-refractivity contribution in [2.75, 3.05) is 19.2 Å². The van der Waals surface area contributed by atoms with Gasteiger partial charge in [0.1, 0.15) is 0 Å². The maximum Gasteiger partial charge on any atom is 0.231 e. The quantitative estimate of drug-likeness (QED) is 0.576. The number of ether oxygens (including phenoxy) is 3. The maximum absolute atomic E-state index is 10.2. The smallest absolute Gasteiger partial charge is 0.231 e. The molecule has 8 nitrogen and oxygen atoms in total. The van der Waals surface area contributed by atoms with Crippen LogP contribution in [-0.4, -0.2) is 50.6 Å². The highest BCUT2D eigenvalue weighted by molar-refractivity contribution is 7.99. The van der Waals surface area contributed by atoms with Crippen LogP contribution in [0.5, 0.6) is 11.5 Å². The number of thioether (sulfide) groups is 1. The molecule has 146 valence electrons. The molecule has 0 saturated carbocycles. The molecule has 4 rings (SSSR count). The van der Waals surface area contributed by atoms with Crippen LogP contribution in [0.4, 0.5) is 0 Å². The highest BCUT2D eigenvalue weighted by Crippen LogP contribution is 2.32. The number of hydrogen-bond acceptors (Lipinski definition) is 8. The molecule has 0 spiro atoms. The van der Waals surface area contributed by atoms with Crippen LogP contribution in [0, 0.1) is 6.92 Å². The van der Waals surface area contributed by atoms with E-state index in [-0.39, 0.29) is 13.4 Å². The third-order valence-electron chi connectivity index (χ3n) is 4.14. The monoisotopic (exact) mass is 400 g/mol. The number of benzene rings is 2. The van der Waals surface area contributed by atoms with Crippen molar-refractivity contribution >= 4 is 11.8 Å². The van der Waals surface area contributed by atoms with Gasteiger partial charge in [0.05, 0.1) is 25.0 Å². The number of aliphatic hydroxyl groups excluding tert-OH is 1. The van der Waals surface area contributed by atoms with E-state index in [2.05, 4.69) is 15.5 Å². The lowest BCUT2D eigenvalue weighted by atomic mass is 10.2. The van der Waals surface area contributed by atoms with Crippen LogP contribution in [0.25, 0.3) is 5.69 Å². The van der Waals surface area contributed by atoms with E-state index < -0.39 is 6.10 Å². The van der Waals surface area contributed by atoms with Gasteiger partial charge in [-0.1, -0.05) is 35.5 Å². The van der Waals surface area contributed by atoms with Gasteiger partial charge < -0.3 is 19.3 Å². The molecule has 3 aromatic rings. The second kappa shape index (κ2) is 8.59. The van der Waals surface area contributed by atoms with E-state index in [9.17, 15) is 5.11 Å². The second-order valence-corrected chi connectivity index (χ2v) is 7.36. The Bertz CT molecular complexity index is 932. The predicted octanol–water partition coefficient (Wildman–Crippen LogP) is 2.37. The fourth-order valence-electron chi connectivity index (χ4n) is 2.68. The molecule has 0 radical (unpaired) electrons. The Labute approximate surface area is 166 Å². The SMILES string of the molecule is Cc1ccc(-n2nnnc2SC[C@H](O)COCc2ccc3c(c2)OCO3)cc1. The summed E-state index contributed by atoms with van der Waals surface area (Å²) in [6.07, 6.45) is -0.637. The van der Waals surface area contributed by atoms with Gasteiger partial charge in [0.25, 0.3) is 0 Å². The fourth-order valence-corrected chi connectivity index (χ4v) is 3.48. The molecule has 1 atom stereocenters. The molecule has 1 N–H and O–H groups in total. The van der Waals surface area contributed by atoms with E-state index in [1.54, 1.807) is 4.68 Å². The van der Waals surface area contributed by atoms with Gasteiger partial charge in [-0.3, -0.25) is 0 Å². The van der Waals surface area contributed by atoms with Gasteiger partial charge in [-0.25, -0.2) is 0 Å². The average Bonchev–Trinajstić information content (AvgIpc) is 3.36. The van der Waals surface area contributed by atoms with Crippen molar-refractivity contribution in [2.24, 2.45) is 0 Å². The highest BCUT2D eigenvalue weighted by Gasteiger charge is 2.15. The minimum Gasteiger partial charge on any atom is -0.454 e. The number of rotatable bonds is 8. The van der Waals surface area contributed by atoms with E-state index in [1.165, 1.54) is 17.3 Å². The van der Waals surface area contributed by atoms with Crippen molar-refractivity contribution in [1.29, 1.82) is 0 Å². The lowest BCUT2D eigenvalue weighted by molar-refractivity contribution is 0.0397. The Hall–Kier alpha value is -2.62. The summed E-state index contributed by atoms with van der Waals surface area (Å²) in [7, 11) is 0. The summed E-state index contributed by atoms with van der Waals surface area (Å²) in [5, 5.41) is 22.6. The molecule has 1 aromatic heterocycles. The summed E-state index contributed by atoms with van der Waals surface area (Å²) in [5.74, 6) is 1.89. The molecule has 0 amide bonds. The molecular weight excluding hydrogens is 380 g/mol. The molecule has 1 aliphatic heterocycles. The number of aliphatic hydroxyl groups is 1. The Morgan fingerprint density at radius 2 is 2.00 bits per heavy atom. The summed E-state index contributed by atoms with van der Waals surface area (Å²) in [6.45, 7) is 2.88. The fraction of sp³-hybridized carbons (Fsp3) is 0.316. The Morgan fingerprint density at radius 3 is 2.86 bits per heavy atom. The summed E-state index contributed by atoms with van der Waals surface area (Å²) in [5.41, 5.74) is 3.01. The first-order chi connectivity index (χ1) is 13.7. The maximum atomic E-state index is 10.2. The third-order valence-corrected chi connectivity index (χ3v) is 5.20. The molecule has 0 unspecified atom stereocenters. The van der Waals surface area contributed by atoms with Crippen molar-refractivity contribution in [1.82, 2.24) is 20.2 Å². The van der Waals surface area contributed by atoms with E-state index in [4.69, 9.17) is 14.2 Å². The van der Waals surface area contributed by atoms with Crippen molar-refractivity contribution in [3.05, 3.63) is 53.6 Å². The van der Waals surface area contributed by atoms with Crippen molar-refractivity contribution in [3.63, 3.8) is 0 Å². The predicted molar refractivity (Wildman–Crippen MR) is 103 cm³/mol. The Morgan fingerprint density at radius 1 is 1.18 bits per heavy atom. The summed E-state index contributed by atoms with van der Waals surface area (Å²) in [6, 6.07) is 13.6. The lowest BCUT2D eigenvalue weighted by Crippen LogP contribution is -2.18. The number of aryl methyl sites for hydroxylation is 1. The minimum atomic E-state index is -0.637. The van der Waals surface area contributed by atoms with E-state index in [1.807, 2.05) is 49.4 Å². The largest absolute Gasteiger partial charge is 0.454 e. The minimum absolute atomic E-state index is 0.216. The van der Waals surface area contributed by atoms with E-state index in [0.717, 1.165) is 22.7 Å². The van der Waals surface area contributed by atoms with Crippen LogP contribution < -0.4 is 9.47 Å². The molecule has 2 heterocycles. The zero-order valence-electron chi connectivity index (χ0n) is 15.3. The number of nitrogens with zero attached hydrogens (tertiary/aromatic N) is 4. The van der Waals surface area contributed by atoms with Gasteiger partial charge >= 0.3 is 0 Å². The molecule has 0 saturated heterocycles. The van der Waals surface area contributed by atoms with Crippen LogP contribution in [0.3, 0.4) is 0 Å². The summed E-state index contributed by atoms with van der Waals surface area (Å²) < 4.78 is 17.9. The number of aromatic nitrogens is 4. The number of hydrogen-bond donors (Lipinski definition) is 1. The van der Waals surface area contributed by atoms with Crippen LogP contribution in [0.1, 0.15) is 11.1 Å². The average molecular weight is 400 g/mol. The first-order valence-electron chi connectivity index (χ1n) is 8.81. The van der Waals surface area contributed by atoms with Gasteiger partial charge in [-0.15, -0.1) is 5.10 Å². The number of tetrazole rings is 1. The Balaban J connectivity index is 1.25. The first kappa shape index (κ1) is 18.7. The third kappa shape index (κ3) is 4.44. The van der Waals surface area contributed by atoms with Gasteiger partial charge in [-0.05, 0) is 47.2 Å². The summed E-state index contributed by atoms with van der Waals surface area (Å²) >= 11 is 1.38. The van der Waals surface area contributed by atoms with E-state index >= 15 is 0 Å². The molecule has 0 bridgehead atoms. The standard InChI is InChI=1S/C19H20N4O4S/c1-13-2-5-15(6-3-13)23-19(20-21-22-23)28-11-16(24)10-25-9-14-4-7-17-18(8-14)27-12-26-17/h2-8,16,24H,9-12H2,1H3/t16-/m1/s1.